The minimum absolute atomic E-state index is 0.180. The molecule has 12 rings (SSSR count). The molecule has 0 spiro atoms. The van der Waals surface area contributed by atoms with Crippen molar-refractivity contribution in [3.63, 3.8) is 0 Å². The summed E-state index contributed by atoms with van der Waals surface area (Å²) in [5.74, 6) is -2.54. The number of fused-ring (bicyclic) bond motifs is 10. The summed E-state index contributed by atoms with van der Waals surface area (Å²) in [6.45, 7) is 0. The molecule has 2 aliphatic rings. The van der Waals surface area contributed by atoms with Crippen molar-refractivity contribution < 1.29 is 43.1 Å². The second kappa shape index (κ2) is 11.0. The lowest BCUT2D eigenvalue weighted by molar-refractivity contribution is 0.488. The van der Waals surface area contributed by atoms with E-state index in [1.807, 2.05) is 0 Å². The van der Waals surface area contributed by atoms with Crippen molar-refractivity contribution in [2.45, 2.75) is 4.90 Å². The molecule has 2 aliphatic heterocycles. The lowest BCUT2D eigenvalue weighted by atomic mass is 9.57. The van der Waals surface area contributed by atoms with E-state index in [-0.39, 0.29) is 37.7 Å². The quantitative estimate of drug-likeness (QED) is 0.169. The Hall–Kier alpha value is -6.43. The first kappa shape index (κ1) is 13.2. The number of rotatable bonds is 3. The van der Waals surface area contributed by atoms with Crippen LogP contribution in [0, 0.1) is 0 Å². The molecule has 10 aromatic rings. The van der Waals surface area contributed by atoms with E-state index in [1.54, 1.807) is 0 Å². The molecule has 0 unspecified atom stereocenters. The lowest BCUT2D eigenvalue weighted by Crippen LogP contribution is -2.46. The second-order valence-corrected chi connectivity index (χ2v) is 13.0. The fraction of sp³-hybridized carbons (Fsp3) is 0. The van der Waals surface area contributed by atoms with Gasteiger partial charge in [0, 0.05) is 37.7 Å². The van der Waals surface area contributed by atoms with Crippen LogP contribution in [-0.2, 0) is 0 Å². The van der Waals surface area contributed by atoms with E-state index in [1.165, 1.54) is 0 Å². The molecule has 246 valence electrons. The SMILES string of the molecule is [2H]c1c(-n2c3c([2H])c([2H])c([2H])c([2H])c3c3c([2H])c([2H])c([2H])c([2H])c32)cc2c(c1[2H])SB1c3c([2H])c([2H])c([2H])c([2H])c3Oc3c([2H])c(-c4c([2H])c([2H])c([2H])c([2H])c4-n4c5c([2H])c([2H])c([2H])c([2H])c5c5c([2H])c([2H])c([2H])c([2H])c54)c([2H])c-2c31. The van der Waals surface area contributed by atoms with E-state index in [9.17, 15) is 11.0 Å². The largest absolute Gasteiger partial charge is 0.458 e. The second-order valence-electron chi connectivity index (χ2n) is 11.9. The van der Waals surface area contributed by atoms with E-state index in [0.717, 1.165) is 26.8 Å². The van der Waals surface area contributed by atoms with Crippen LogP contribution in [0.1, 0.15) is 38.4 Å². The molecule has 8 aromatic carbocycles. The Morgan fingerprint density at radius 2 is 1.06 bits per heavy atom. The van der Waals surface area contributed by atoms with E-state index >= 15 is 0 Å². The van der Waals surface area contributed by atoms with Gasteiger partial charge in [-0.25, -0.2) is 0 Å². The molecule has 0 bridgehead atoms. The molecular formula is C48H29BN2OS. The minimum Gasteiger partial charge on any atom is -0.458 e. The zero-order chi connectivity index (χ0) is 59.0. The van der Waals surface area contributed by atoms with Gasteiger partial charge < -0.3 is 13.9 Å². The monoisotopic (exact) mass is 720 g/mol. The minimum atomic E-state index is -1.43. The predicted octanol–water partition coefficient (Wildman–Crippen LogP) is 11.5. The van der Waals surface area contributed by atoms with Crippen molar-refractivity contribution in [1.29, 1.82) is 0 Å². The van der Waals surface area contributed by atoms with Crippen LogP contribution in [0.25, 0.3) is 77.2 Å². The Bertz CT molecular complexity index is 4610. The lowest BCUT2D eigenvalue weighted by Gasteiger charge is -2.33. The van der Waals surface area contributed by atoms with Gasteiger partial charge in [0.05, 0.1) is 66.1 Å². The predicted molar refractivity (Wildman–Crippen MR) is 223 cm³/mol. The molecule has 0 N–H and O–H groups in total. The van der Waals surface area contributed by atoms with Crippen molar-refractivity contribution in [3.05, 3.63) is 175 Å². The van der Waals surface area contributed by atoms with Gasteiger partial charge in [-0.2, -0.15) is 11.6 Å². The van der Waals surface area contributed by atoms with E-state index in [2.05, 4.69) is 0 Å². The number of ether oxygens (including phenoxy) is 1. The van der Waals surface area contributed by atoms with Crippen LogP contribution in [0.5, 0.6) is 11.5 Å². The highest BCUT2D eigenvalue weighted by Crippen LogP contribution is 2.47. The maximum atomic E-state index is 10.4. The molecule has 0 radical (unpaired) electrons. The van der Waals surface area contributed by atoms with Crippen molar-refractivity contribution in [1.82, 2.24) is 9.13 Å². The third kappa shape index (κ3) is 4.14. The maximum Gasteiger partial charge on any atom is 0.289 e. The molecule has 0 atom stereocenters. The summed E-state index contributed by atoms with van der Waals surface area (Å²) in [6.07, 6.45) is 0. The fourth-order valence-electron chi connectivity index (χ4n) is 7.03. The molecule has 0 saturated carbocycles. The Labute approximate surface area is 350 Å². The molecule has 3 nitrogen and oxygen atoms in total. The van der Waals surface area contributed by atoms with Crippen LogP contribution < -0.4 is 15.7 Å². The molecular weight excluding hydrogens is 663 g/mol. The average molecular weight is 721 g/mol. The summed E-state index contributed by atoms with van der Waals surface area (Å²) in [5.41, 5.74) is -5.99. The van der Waals surface area contributed by atoms with Crippen molar-refractivity contribution in [3.8, 4) is 45.1 Å². The first-order chi connectivity index (χ1) is 37.9. The number of benzene rings is 8. The Morgan fingerprint density at radius 1 is 0.491 bits per heavy atom. The first-order valence-electron chi connectivity index (χ1n) is 29.8. The Balaban J connectivity index is 1.31. The third-order valence-corrected chi connectivity index (χ3v) is 10.5. The highest BCUT2D eigenvalue weighted by molar-refractivity contribution is 8.28. The van der Waals surface area contributed by atoms with Gasteiger partial charge >= 0.3 is 0 Å². The zero-order valence-electron chi connectivity index (χ0n) is 54.4. The van der Waals surface area contributed by atoms with E-state index < -0.39 is 242 Å². The highest BCUT2D eigenvalue weighted by Gasteiger charge is 2.39. The number of nitrogens with zero attached hydrogens (tertiary/aromatic N) is 2. The number of hydrogen-bond acceptors (Lipinski definition) is 2. The molecule has 5 heteroatoms. The van der Waals surface area contributed by atoms with Crippen LogP contribution in [0.3, 0.4) is 0 Å². The van der Waals surface area contributed by atoms with E-state index in [0.29, 0.717) is 0 Å². The Morgan fingerprint density at radius 3 is 1.74 bits per heavy atom. The molecule has 4 heterocycles. The van der Waals surface area contributed by atoms with Crippen molar-refractivity contribution >= 4 is 72.1 Å². The molecule has 0 saturated heterocycles. The Kier molecular flexibility index (Phi) is 2.75. The fourth-order valence-corrected chi connectivity index (χ4v) is 8.29. The average Bonchev–Trinajstić information content (AvgIpc) is 2.81. The smallest absolute Gasteiger partial charge is 0.289 e. The van der Waals surface area contributed by atoms with Crippen LogP contribution in [0.4, 0.5) is 0 Å². The zero-order valence-corrected chi connectivity index (χ0v) is 27.2. The van der Waals surface area contributed by atoms with Gasteiger partial charge in [-0.15, -0.1) is 0 Å². The summed E-state index contributed by atoms with van der Waals surface area (Å²) in [7, 11) is 0. The van der Waals surface area contributed by atoms with Crippen LogP contribution >= 0.6 is 11.6 Å². The van der Waals surface area contributed by atoms with Gasteiger partial charge in [0.2, 0.25) is 0 Å². The summed E-state index contributed by atoms with van der Waals surface area (Å²) in [6, 6.07) is -21.9. The number of hydrogen-bond donors (Lipinski definition) is 0. The maximum absolute atomic E-state index is 10.4. The van der Waals surface area contributed by atoms with Crippen LogP contribution in [0.2, 0.25) is 0 Å². The normalized spacial score (nSPS) is 20.3. The molecule has 0 aliphatic carbocycles. The number of aromatic nitrogens is 2. The van der Waals surface area contributed by atoms with Gasteiger partial charge in [0.15, 0.2) is 0 Å². The van der Waals surface area contributed by atoms with Gasteiger partial charge in [-0.1, -0.05) is 109 Å². The standard InChI is InChI=1S/C48H29BN2OS/c1-7-19-40(51-43-22-10-4-16-35(43)36-17-5-11-23-44(36)51)32(13-1)30-27-38-37-29-31(50-41-20-8-2-14-33(41)34-15-3-9-21-42(34)50)25-26-47(37)53-49-39-18-6-12-24-45(39)52-46(28-30)48(38)49/h1-29H/i1D,2D,3D,4D,5D,6D,7D,8D,9D,10D,11D,12D,13D,14D,15D,16D,17D,18D,19D,20D,21D,22D,23D,24D,25D,26D,27D,28D. The first-order valence-corrected chi connectivity index (χ1v) is 16.7. The molecule has 53 heavy (non-hydrogen) atoms. The summed E-state index contributed by atoms with van der Waals surface area (Å²) in [4.78, 5) is -0.196. The van der Waals surface area contributed by atoms with Gasteiger partial charge in [-0.3, -0.25) is 0 Å². The van der Waals surface area contributed by atoms with Crippen molar-refractivity contribution in [2.24, 2.45) is 0 Å². The highest BCUT2D eigenvalue weighted by atomic mass is 32.2. The van der Waals surface area contributed by atoms with Crippen molar-refractivity contribution in [2.75, 3.05) is 0 Å². The van der Waals surface area contributed by atoms with E-state index in [4.69, 9.17) is 32.2 Å². The summed E-state index contributed by atoms with van der Waals surface area (Å²) >= 11 is 0.739. The number of para-hydroxylation sites is 6. The van der Waals surface area contributed by atoms with Gasteiger partial charge in [-0.05, 0) is 94.1 Å². The molecule has 0 fully saturated rings. The molecule has 0 amide bonds. The molecule has 2 aromatic heterocycles. The van der Waals surface area contributed by atoms with Gasteiger partial charge in [0.25, 0.3) is 5.99 Å². The van der Waals surface area contributed by atoms with Crippen LogP contribution in [0.15, 0.2) is 180 Å². The van der Waals surface area contributed by atoms with Gasteiger partial charge in [0.1, 0.15) is 11.5 Å². The summed E-state index contributed by atoms with van der Waals surface area (Å²) in [5, 5.41) is -1.76. The van der Waals surface area contributed by atoms with Crippen LogP contribution in [-0.4, -0.2) is 15.1 Å². The summed E-state index contributed by atoms with van der Waals surface area (Å²) < 4.78 is 263. The third-order valence-electron chi connectivity index (χ3n) is 9.19. The topological polar surface area (TPSA) is 19.1 Å².